The summed E-state index contributed by atoms with van der Waals surface area (Å²) >= 11 is 0. The smallest absolute Gasteiger partial charge is 0.0165 e. The Bertz CT molecular complexity index is 176. The summed E-state index contributed by atoms with van der Waals surface area (Å²) in [4.78, 5) is 0. The summed E-state index contributed by atoms with van der Waals surface area (Å²) in [6.07, 6.45) is 12.2. The van der Waals surface area contributed by atoms with Gasteiger partial charge in [-0.15, -0.1) is 0 Å². The molecule has 3 atom stereocenters. The SMILES string of the molecule is C/C=C/C1C[C@H]2C=C[C@@H]1C2. The van der Waals surface area contributed by atoms with Gasteiger partial charge in [-0.2, -0.15) is 0 Å². The molecule has 0 aromatic rings. The van der Waals surface area contributed by atoms with Crippen molar-refractivity contribution in [3.63, 3.8) is 0 Å². The second kappa shape index (κ2) is 2.26. The van der Waals surface area contributed by atoms with Gasteiger partial charge in [0.15, 0.2) is 0 Å². The molecule has 0 saturated heterocycles. The highest BCUT2D eigenvalue weighted by atomic mass is 14.4. The fourth-order valence-corrected chi connectivity index (χ4v) is 2.29. The van der Waals surface area contributed by atoms with Crippen molar-refractivity contribution in [2.75, 3.05) is 0 Å². The monoisotopic (exact) mass is 134 g/mol. The molecule has 2 rings (SSSR count). The summed E-state index contributed by atoms with van der Waals surface area (Å²) in [7, 11) is 0. The lowest BCUT2D eigenvalue weighted by molar-refractivity contribution is 0.549. The average Bonchev–Trinajstić information content (AvgIpc) is 2.48. The zero-order valence-corrected chi connectivity index (χ0v) is 6.46. The summed E-state index contributed by atoms with van der Waals surface area (Å²) < 4.78 is 0. The predicted octanol–water partition coefficient (Wildman–Crippen LogP) is 2.77. The van der Waals surface area contributed by atoms with Crippen LogP contribution < -0.4 is 0 Å². The van der Waals surface area contributed by atoms with E-state index in [1.54, 1.807) is 0 Å². The first-order chi connectivity index (χ1) is 4.90. The summed E-state index contributed by atoms with van der Waals surface area (Å²) in [6.45, 7) is 2.12. The van der Waals surface area contributed by atoms with Gasteiger partial charge in [0, 0.05) is 0 Å². The molecule has 2 bridgehead atoms. The van der Waals surface area contributed by atoms with E-state index < -0.39 is 0 Å². The third-order valence-electron chi connectivity index (χ3n) is 2.77. The molecule has 54 valence electrons. The van der Waals surface area contributed by atoms with E-state index in [0.717, 1.165) is 17.8 Å². The second-order valence-electron chi connectivity index (χ2n) is 3.47. The van der Waals surface area contributed by atoms with Crippen LogP contribution in [0.15, 0.2) is 24.3 Å². The lowest BCUT2D eigenvalue weighted by atomic mass is 9.93. The molecule has 0 heterocycles. The second-order valence-corrected chi connectivity index (χ2v) is 3.47. The standard InChI is InChI=1S/C10H14/c1-2-3-9-6-8-4-5-10(9)7-8/h2-5,8-10H,6-7H2,1H3/b3-2+/t8-,9?,10-/m1/s1. The van der Waals surface area contributed by atoms with Gasteiger partial charge in [-0.05, 0) is 37.5 Å². The van der Waals surface area contributed by atoms with Crippen molar-refractivity contribution in [1.29, 1.82) is 0 Å². The molecule has 0 heteroatoms. The number of hydrogen-bond acceptors (Lipinski definition) is 0. The zero-order valence-electron chi connectivity index (χ0n) is 6.46. The van der Waals surface area contributed by atoms with Crippen molar-refractivity contribution < 1.29 is 0 Å². The van der Waals surface area contributed by atoms with Crippen LogP contribution in [-0.2, 0) is 0 Å². The van der Waals surface area contributed by atoms with Crippen molar-refractivity contribution in [3.8, 4) is 0 Å². The summed E-state index contributed by atoms with van der Waals surface area (Å²) in [5.41, 5.74) is 0. The van der Waals surface area contributed by atoms with E-state index in [1.165, 1.54) is 12.8 Å². The average molecular weight is 134 g/mol. The van der Waals surface area contributed by atoms with Gasteiger partial charge in [0.25, 0.3) is 0 Å². The molecule has 0 N–H and O–H groups in total. The molecule has 0 aliphatic heterocycles. The van der Waals surface area contributed by atoms with E-state index in [9.17, 15) is 0 Å². The van der Waals surface area contributed by atoms with Crippen LogP contribution in [0.5, 0.6) is 0 Å². The number of fused-ring (bicyclic) bond motifs is 2. The Labute approximate surface area is 62.6 Å². The van der Waals surface area contributed by atoms with E-state index in [0.29, 0.717) is 0 Å². The molecule has 2 aliphatic rings. The minimum Gasteiger partial charge on any atom is -0.0914 e. The van der Waals surface area contributed by atoms with Crippen LogP contribution >= 0.6 is 0 Å². The molecule has 1 saturated carbocycles. The van der Waals surface area contributed by atoms with Gasteiger partial charge in [-0.3, -0.25) is 0 Å². The van der Waals surface area contributed by atoms with Gasteiger partial charge in [0.2, 0.25) is 0 Å². The maximum atomic E-state index is 2.40. The third kappa shape index (κ3) is 0.828. The normalized spacial score (nSPS) is 43.9. The maximum absolute atomic E-state index is 2.40. The van der Waals surface area contributed by atoms with Crippen molar-refractivity contribution in [2.24, 2.45) is 17.8 Å². The topological polar surface area (TPSA) is 0 Å². The van der Waals surface area contributed by atoms with Crippen LogP contribution in [0.25, 0.3) is 0 Å². The molecule has 1 unspecified atom stereocenters. The van der Waals surface area contributed by atoms with E-state index in [2.05, 4.69) is 31.2 Å². The van der Waals surface area contributed by atoms with Crippen molar-refractivity contribution >= 4 is 0 Å². The molecule has 0 radical (unpaired) electrons. The molecule has 0 aromatic carbocycles. The predicted molar refractivity (Wildman–Crippen MR) is 43.7 cm³/mol. The van der Waals surface area contributed by atoms with Crippen LogP contribution in [-0.4, -0.2) is 0 Å². The minimum absolute atomic E-state index is 0.875. The first kappa shape index (κ1) is 6.21. The van der Waals surface area contributed by atoms with E-state index >= 15 is 0 Å². The third-order valence-corrected chi connectivity index (χ3v) is 2.77. The van der Waals surface area contributed by atoms with E-state index in [-0.39, 0.29) is 0 Å². The Balaban J connectivity index is 2.09. The molecule has 0 nitrogen and oxygen atoms in total. The largest absolute Gasteiger partial charge is 0.0914 e. The van der Waals surface area contributed by atoms with Gasteiger partial charge in [0.05, 0.1) is 0 Å². The molecule has 2 aliphatic carbocycles. The zero-order chi connectivity index (χ0) is 6.97. The quantitative estimate of drug-likeness (QED) is 0.484. The van der Waals surface area contributed by atoms with Crippen LogP contribution in [0.3, 0.4) is 0 Å². The molecule has 10 heavy (non-hydrogen) atoms. The molecule has 0 aromatic heterocycles. The van der Waals surface area contributed by atoms with E-state index in [4.69, 9.17) is 0 Å². The molecule has 1 fully saturated rings. The molecule has 0 amide bonds. The van der Waals surface area contributed by atoms with Crippen molar-refractivity contribution in [2.45, 2.75) is 19.8 Å². The first-order valence-corrected chi connectivity index (χ1v) is 4.21. The van der Waals surface area contributed by atoms with Crippen LogP contribution in [0.2, 0.25) is 0 Å². The first-order valence-electron chi connectivity index (χ1n) is 4.21. The Kier molecular flexibility index (Phi) is 1.40. The maximum Gasteiger partial charge on any atom is -0.0165 e. The highest BCUT2D eigenvalue weighted by molar-refractivity contribution is 5.13. The molecular formula is C10H14. The van der Waals surface area contributed by atoms with Crippen molar-refractivity contribution in [1.82, 2.24) is 0 Å². The number of hydrogen-bond donors (Lipinski definition) is 0. The minimum atomic E-state index is 0.875. The number of rotatable bonds is 1. The Morgan fingerprint density at radius 3 is 2.70 bits per heavy atom. The van der Waals surface area contributed by atoms with Gasteiger partial charge in [-0.1, -0.05) is 24.3 Å². The number of allylic oxidation sites excluding steroid dienone is 4. The lowest BCUT2D eigenvalue weighted by Gasteiger charge is -2.12. The highest BCUT2D eigenvalue weighted by Gasteiger charge is 2.33. The summed E-state index contributed by atoms with van der Waals surface area (Å²) in [6, 6.07) is 0. The molecular weight excluding hydrogens is 120 g/mol. The van der Waals surface area contributed by atoms with E-state index in [1.807, 2.05) is 0 Å². The van der Waals surface area contributed by atoms with Crippen molar-refractivity contribution in [3.05, 3.63) is 24.3 Å². The Morgan fingerprint density at radius 2 is 2.20 bits per heavy atom. The molecule has 0 spiro atoms. The fourth-order valence-electron chi connectivity index (χ4n) is 2.29. The van der Waals surface area contributed by atoms with Gasteiger partial charge in [0.1, 0.15) is 0 Å². The Morgan fingerprint density at radius 1 is 1.30 bits per heavy atom. The van der Waals surface area contributed by atoms with Gasteiger partial charge < -0.3 is 0 Å². The fraction of sp³-hybridized carbons (Fsp3) is 0.600. The lowest BCUT2D eigenvalue weighted by Crippen LogP contribution is -2.02. The van der Waals surface area contributed by atoms with Crippen LogP contribution in [0.4, 0.5) is 0 Å². The van der Waals surface area contributed by atoms with Crippen LogP contribution in [0, 0.1) is 17.8 Å². The summed E-state index contributed by atoms with van der Waals surface area (Å²) in [5.74, 6) is 2.69. The Hall–Kier alpha value is -0.520. The van der Waals surface area contributed by atoms with Gasteiger partial charge in [-0.25, -0.2) is 0 Å². The van der Waals surface area contributed by atoms with Crippen LogP contribution in [0.1, 0.15) is 19.8 Å². The highest BCUT2D eigenvalue weighted by Crippen LogP contribution is 2.43. The summed E-state index contributed by atoms with van der Waals surface area (Å²) in [5, 5.41) is 0. The van der Waals surface area contributed by atoms with Gasteiger partial charge >= 0.3 is 0 Å².